The fourth-order valence-electron chi connectivity index (χ4n) is 3.77. The molecule has 3 aromatic carbocycles. The van der Waals surface area contributed by atoms with E-state index in [2.05, 4.69) is 11.6 Å². The third-order valence-corrected chi connectivity index (χ3v) is 5.79. The topological polar surface area (TPSA) is 107 Å². The van der Waals surface area contributed by atoms with E-state index in [9.17, 15) is 9.90 Å². The summed E-state index contributed by atoms with van der Waals surface area (Å²) in [6.07, 6.45) is 1.31. The zero-order chi connectivity index (χ0) is 28.8. The number of hydrogen-bond acceptors (Lipinski definition) is 7. The van der Waals surface area contributed by atoms with Crippen LogP contribution in [0.15, 0.2) is 79.4 Å². The molecule has 40 heavy (non-hydrogen) atoms. The highest BCUT2D eigenvalue weighted by Gasteiger charge is 2.26. The molecule has 0 atom stereocenters. The number of rotatable bonds is 11. The van der Waals surface area contributed by atoms with Gasteiger partial charge in [-0.15, -0.1) is 0 Å². The van der Waals surface area contributed by atoms with Gasteiger partial charge in [-0.25, -0.2) is 4.79 Å². The largest absolute Gasteiger partial charge is 0.483 e. The molecular weight excluding hydrogens is 520 g/mol. The summed E-state index contributed by atoms with van der Waals surface area (Å²) < 4.78 is 47.4. The quantitative estimate of drug-likeness (QED) is 0.208. The smallest absolute Gasteiger partial charge is 0.339 e. The first-order chi connectivity index (χ1) is 19.2. The van der Waals surface area contributed by atoms with E-state index in [-0.39, 0.29) is 23.7 Å². The maximum Gasteiger partial charge on any atom is 0.339 e. The molecule has 0 aliphatic heterocycles. The first-order valence-corrected chi connectivity index (χ1v) is 12.1. The number of ether oxygens (including phenoxy) is 3. The van der Waals surface area contributed by atoms with Gasteiger partial charge < -0.3 is 30.0 Å². The van der Waals surface area contributed by atoms with Crippen molar-refractivity contribution in [3.8, 4) is 40.1 Å². The fourth-order valence-corrected chi connectivity index (χ4v) is 3.77. The van der Waals surface area contributed by atoms with E-state index in [0.29, 0.717) is 12.2 Å². The number of halogens is 2. The van der Waals surface area contributed by atoms with Gasteiger partial charge in [0.1, 0.15) is 23.7 Å². The van der Waals surface area contributed by atoms with Gasteiger partial charge in [-0.3, -0.25) is 0 Å². The Morgan fingerprint density at radius 1 is 1.00 bits per heavy atom. The average Bonchev–Trinajstić information content (AvgIpc) is 2.95. The van der Waals surface area contributed by atoms with Crippen LogP contribution in [0.3, 0.4) is 0 Å². The highest BCUT2D eigenvalue weighted by Crippen LogP contribution is 2.39. The van der Waals surface area contributed by atoms with Gasteiger partial charge >= 0.3 is 5.97 Å². The van der Waals surface area contributed by atoms with Crippen LogP contribution >= 0.6 is 0 Å². The number of aromatic nitrogens is 1. The first-order valence-electron chi connectivity index (χ1n) is 12.1. The Morgan fingerprint density at radius 3 is 2.33 bits per heavy atom. The Balaban J connectivity index is 1.77. The van der Waals surface area contributed by atoms with E-state index in [0.717, 1.165) is 16.7 Å². The second-order valence-corrected chi connectivity index (χ2v) is 8.80. The summed E-state index contributed by atoms with van der Waals surface area (Å²) in [6.45, 7) is 3.64. The molecule has 0 saturated carbocycles. The van der Waals surface area contributed by atoms with Crippen LogP contribution in [0.2, 0.25) is 0 Å². The summed E-state index contributed by atoms with van der Waals surface area (Å²) in [4.78, 5) is 17.4. The molecule has 0 radical (unpaired) electrons. The van der Waals surface area contributed by atoms with E-state index >= 15 is 8.78 Å². The van der Waals surface area contributed by atoms with Crippen molar-refractivity contribution in [3.05, 3.63) is 102 Å². The van der Waals surface area contributed by atoms with Crippen LogP contribution in [-0.2, 0) is 6.54 Å². The molecule has 4 rings (SSSR count). The van der Waals surface area contributed by atoms with E-state index in [4.69, 9.17) is 19.9 Å². The molecular formula is C30H27F2N3O5. The monoisotopic (exact) mass is 547 g/mol. The molecule has 0 aliphatic rings. The van der Waals surface area contributed by atoms with Crippen molar-refractivity contribution in [1.29, 1.82) is 0 Å². The van der Waals surface area contributed by atoms with Crippen LogP contribution in [0.25, 0.3) is 11.1 Å². The molecule has 8 nitrogen and oxygen atoms in total. The highest BCUT2D eigenvalue weighted by molar-refractivity contribution is 5.91. The average molecular weight is 548 g/mol. The van der Waals surface area contributed by atoms with Crippen LogP contribution in [0, 0.1) is 11.6 Å². The van der Waals surface area contributed by atoms with Gasteiger partial charge in [0.15, 0.2) is 0 Å². The minimum atomic E-state index is -1.31. The fraction of sp³-hybridized carbons (Fsp3) is 0.133. The van der Waals surface area contributed by atoms with Crippen LogP contribution in [0.4, 0.5) is 14.5 Å². The Morgan fingerprint density at radius 2 is 1.68 bits per heavy atom. The molecule has 1 heterocycles. The molecule has 0 bridgehead atoms. The van der Waals surface area contributed by atoms with E-state index in [1.807, 2.05) is 30.3 Å². The molecule has 0 aliphatic carbocycles. The number of aromatic carboxylic acids is 1. The van der Waals surface area contributed by atoms with Gasteiger partial charge in [0.05, 0.1) is 0 Å². The standard InChI is InChI=1S/C30H27F2N3O5/c1-4-13-38-27-25(31)28(39-22-10-6-9-20(15-22)19-8-5-7-18(14-19)17-33)34-29(26(27)32)40-24-16-21(35(2)3)11-12-23(24)30(36)37/h4-12,14-16H,1,13,17,33H2,2-3H3,(H,36,37). The van der Waals surface area contributed by atoms with Crippen LogP contribution in [0.1, 0.15) is 15.9 Å². The summed E-state index contributed by atoms with van der Waals surface area (Å²) in [6, 6.07) is 18.7. The van der Waals surface area contributed by atoms with Crippen molar-refractivity contribution < 1.29 is 32.9 Å². The normalized spacial score (nSPS) is 10.6. The second kappa shape index (κ2) is 12.3. The number of nitrogens with two attached hydrogens (primary N) is 1. The van der Waals surface area contributed by atoms with Crippen LogP contribution < -0.4 is 24.8 Å². The number of pyridine rings is 1. The van der Waals surface area contributed by atoms with Crippen molar-refractivity contribution >= 4 is 11.7 Å². The molecule has 0 fully saturated rings. The van der Waals surface area contributed by atoms with E-state index < -0.39 is 35.1 Å². The lowest BCUT2D eigenvalue weighted by molar-refractivity contribution is 0.0694. The minimum absolute atomic E-state index is 0.204. The molecule has 0 saturated heterocycles. The van der Waals surface area contributed by atoms with Crippen molar-refractivity contribution in [1.82, 2.24) is 4.98 Å². The number of carboxylic acids is 1. The molecule has 10 heteroatoms. The number of carboxylic acid groups (broad SMARTS) is 1. The number of nitrogens with zero attached hydrogens (tertiary/aromatic N) is 2. The summed E-state index contributed by atoms with van der Waals surface area (Å²) >= 11 is 0. The van der Waals surface area contributed by atoms with Gasteiger partial charge in [-0.2, -0.15) is 13.8 Å². The molecule has 0 amide bonds. The molecule has 1 aromatic heterocycles. The number of hydrogen-bond donors (Lipinski definition) is 2. The lowest BCUT2D eigenvalue weighted by Crippen LogP contribution is -2.10. The summed E-state index contributed by atoms with van der Waals surface area (Å²) in [7, 11) is 3.48. The predicted octanol–water partition coefficient (Wildman–Crippen LogP) is 6.40. The maximum atomic E-state index is 15.4. The number of benzene rings is 3. The van der Waals surface area contributed by atoms with E-state index in [1.54, 1.807) is 43.3 Å². The summed E-state index contributed by atoms with van der Waals surface area (Å²) in [5.74, 6) is -5.97. The molecule has 3 N–H and O–H groups in total. The van der Waals surface area contributed by atoms with Gasteiger partial charge in [-0.1, -0.05) is 43.0 Å². The predicted molar refractivity (Wildman–Crippen MR) is 147 cm³/mol. The van der Waals surface area contributed by atoms with Crippen molar-refractivity contribution in [2.75, 3.05) is 25.6 Å². The summed E-state index contributed by atoms with van der Waals surface area (Å²) in [5, 5.41) is 9.62. The molecule has 0 spiro atoms. The van der Waals surface area contributed by atoms with Crippen molar-refractivity contribution in [2.45, 2.75) is 6.54 Å². The Kier molecular flexibility index (Phi) is 8.60. The minimum Gasteiger partial charge on any atom is -0.483 e. The van der Waals surface area contributed by atoms with Crippen molar-refractivity contribution in [2.24, 2.45) is 5.73 Å². The van der Waals surface area contributed by atoms with Crippen LogP contribution in [0.5, 0.6) is 29.0 Å². The third kappa shape index (κ3) is 6.19. The zero-order valence-corrected chi connectivity index (χ0v) is 21.9. The van der Waals surface area contributed by atoms with Crippen molar-refractivity contribution in [3.63, 3.8) is 0 Å². The summed E-state index contributed by atoms with van der Waals surface area (Å²) in [5.41, 5.74) is 8.64. The highest BCUT2D eigenvalue weighted by atomic mass is 19.1. The zero-order valence-electron chi connectivity index (χ0n) is 21.9. The van der Waals surface area contributed by atoms with E-state index in [1.165, 1.54) is 18.2 Å². The third-order valence-electron chi connectivity index (χ3n) is 5.79. The van der Waals surface area contributed by atoms with Gasteiger partial charge in [0.25, 0.3) is 11.8 Å². The first kappa shape index (κ1) is 28.1. The number of carbonyl (C=O) groups is 1. The SMILES string of the molecule is C=CCOc1c(F)c(Oc2cccc(-c3cccc(CN)c3)c2)nc(Oc2cc(N(C)C)ccc2C(=O)O)c1F. The lowest BCUT2D eigenvalue weighted by atomic mass is 10.0. The molecule has 0 unspecified atom stereocenters. The lowest BCUT2D eigenvalue weighted by Gasteiger charge is -2.17. The molecule has 4 aromatic rings. The van der Waals surface area contributed by atoms with Gasteiger partial charge in [0.2, 0.25) is 17.4 Å². The second-order valence-electron chi connectivity index (χ2n) is 8.80. The Hall–Kier alpha value is -4.96. The van der Waals surface area contributed by atoms with Crippen LogP contribution in [-0.4, -0.2) is 36.8 Å². The van der Waals surface area contributed by atoms with Gasteiger partial charge in [-0.05, 0) is 47.0 Å². The number of anilines is 1. The molecule has 206 valence electrons. The Bertz CT molecular complexity index is 1560. The maximum absolute atomic E-state index is 15.4. The Labute approximate surface area is 229 Å². The van der Waals surface area contributed by atoms with Gasteiger partial charge in [0, 0.05) is 32.4 Å².